The zero-order chi connectivity index (χ0) is 16.7. The Kier molecular flexibility index (Phi) is 3.50. The molecule has 0 aliphatic carbocycles. The van der Waals surface area contributed by atoms with Crippen molar-refractivity contribution in [2.24, 2.45) is 0 Å². The van der Waals surface area contributed by atoms with E-state index in [9.17, 15) is 4.79 Å². The molecule has 1 aliphatic rings. The molecule has 0 spiro atoms. The summed E-state index contributed by atoms with van der Waals surface area (Å²) < 4.78 is 12.2. The second-order valence-electron chi connectivity index (χ2n) is 6.08. The molecule has 7 nitrogen and oxygen atoms in total. The number of aryl methyl sites for hydroxylation is 1. The van der Waals surface area contributed by atoms with E-state index < -0.39 is 0 Å². The van der Waals surface area contributed by atoms with Crippen LogP contribution in [0.4, 0.5) is 0 Å². The highest BCUT2D eigenvalue weighted by atomic mass is 16.7. The highest BCUT2D eigenvalue weighted by Crippen LogP contribution is 2.32. The molecule has 3 aromatic rings. The van der Waals surface area contributed by atoms with Gasteiger partial charge in [0.05, 0.1) is 5.69 Å². The smallest absolute Gasteiger partial charge is 0.272 e. The Bertz CT molecular complexity index is 960. The summed E-state index contributed by atoms with van der Waals surface area (Å²) in [5, 5.41) is 2.97. The summed E-state index contributed by atoms with van der Waals surface area (Å²) in [5.41, 5.74) is 3.33. The lowest BCUT2D eigenvalue weighted by Crippen LogP contribution is -2.21. The van der Waals surface area contributed by atoms with E-state index in [1.54, 1.807) is 6.07 Å². The van der Waals surface area contributed by atoms with Crippen LogP contribution in [0.5, 0.6) is 11.5 Å². The van der Waals surface area contributed by atoms with E-state index in [-0.39, 0.29) is 12.4 Å². The third-order valence-electron chi connectivity index (χ3n) is 3.95. The van der Waals surface area contributed by atoms with Crippen molar-refractivity contribution >= 4 is 5.65 Å². The van der Waals surface area contributed by atoms with E-state index in [4.69, 9.17) is 9.47 Å². The largest absolute Gasteiger partial charge is 0.454 e. The van der Waals surface area contributed by atoms with Gasteiger partial charge in [-0.05, 0) is 31.7 Å². The normalized spacial score (nSPS) is 13.1. The molecule has 0 unspecified atom stereocenters. The summed E-state index contributed by atoms with van der Waals surface area (Å²) in [6.45, 7) is 3.49. The number of rotatable bonds is 4. The van der Waals surface area contributed by atoms with Crippen LogP contribution < -0.4 is 15.0 Å². The number of aromatic amines is 1. The fraction of sp³-hybridized carbons (Fsp3) is 0.294. The molecule has 0 atom stereocenters. The maximum Gasteiger partial charge on any atom is 0.272 e. The minimum Gasteiger partial charge on any atom is -0.454 e. The zero-order valence-corrected chi connectivity index (χ0v) is 13.6. The molecule has 2 aromatic heterocycles. The molecule has 1 aromatic carbocycles. The number of hydrogen-bond acceptors (Lipinski definition) is 5. The zero-order valence-electron chi connectivity index (χ0n) is 13.6. The minimum absolute atomic E-state index is 0.0976. The molecule has 0 fully saturated rings. The van der Waals surface area contributed by atoms with Gasteiger partial charge in [0.25, 0.3) is 5.56 Å². The van der Waals surface area contributed by atoms with Gasteiger partial charge in [-0.3, -0.25) is 14.8 Å². The standard InChI is InChI=1S/C17H18N4O3/c1-11-5-16-18-13(7-17(22)21(16)19-11)9-20(2)8-12-3-4-14-15(6-12)24-10-23-14/h3-7,19H,8-10H2,1-2H3. The van der Waals surface area contributed by atoms with Crippen LogP contribution in [0.15, 0.2) is 35.1 Å². The number of nitrogens with one attached hydrogen (secondary N) is 1. The van der Waals surface area contributed by atoms with Gasteiger partial charge in [0, 0.05) is 30.9 Å². The summed E-state index contributed by atoms with van der Waals surface area (Å²) in [6, 6.07) is 9.36. The fourth-order valence-corrected chi connectivity index (χ4v) is 2.93. The van der Waals surface area contributed by atoms with Gasteiger partial charge >= 0.3 is 0 Å². The first kappa shape index (κ1) is 14.8. The lowest BCUT2D eigenvalue weighted by atomic mass is 10.2. The van der Waals surface area contributed by atoms with Gasteiger partial charge in [0.2, 0.25) is 6.79 Å². The van der Waals surface area contributed by atoms with Crippen LogP contribution in [0.1, 0.15) is 17.0 Å². The molecule has 0 bridgehead atoms. The molecule has 0 saturated carbocycles. The maximum absolute atomic E-state index is 12.1. The van der Waals surface area contributed by atoms with Gasteiger partial charge in [-0.25, -0.2) is 9.50 Å². The van der Waals surface area contributed by atoms with Gasteiger partial charge < -0.3 is 9.47 Å². The Hall–Kier alpha value is -2.80. The molecular weight excluding hydrogens is 308 g/mol. The average molecular weight is 326 g/mol. The fourth-order valence-electron chi connectivity index (χ4n) is 2.93. The molecular formula is C17H18N4O3. The van der Waals surface area contributed by atoms with Gasteiger partial charge in [-0.1, -0.05) is 6.07 Å². The summed E-state index contributed by atoms with van der Waals surface area (Å²) in [5.74, 6) is 1.56. The second-order valence-corrected chi connectivity index (χ2v) is 6.08. The monoisotopic (exact) mass is 326 g/mol. The maximum atomic E-state index is 12.1. The molecule has 0 amide bonds. The van der Waals surface area contributed by atoms with E-state index in [0.717, 1.165) is 35.0 Å². The Morgan fingerprint density at radius 1 is 1.21 bits per heavy atom. The van der Waals surface area contributed by atoms with Crippen LogP contribution in [-0.4, -0.2) is 33.3 Å². The van der Waals surface area contributed by atoms with E-state index in [1.165, 1.54) is 4.52 Å². The van der Waals surface area contributed by atoms with Crippen molar-refractivity contribution in [3.63, 3.8) is 0 Å². The van der Waals surface area contributed by atoms with Crippen molar-refractivity contribution in [1.29, 1.82) is 0 Å². The highest BCUT2D eigenvalue weighted by molar-refractivity contribution is 5.44. The Labute approximate surface area is 138 Å². The van der Waals surface area contributed by atoms with Crippen molar-refractivity contribution in [3.05, 3.63) is 57.6 Å². The van der Waals surface area contributed by atoms with Crippen LogP contribution in [-0.2, 0) is 13.1 Å². The van der Waals surface area contributed by atoms with E-state index >= 15 is 0 Å². The molecule has 1 aliphatic heterocycles. The number of nitrogens with zero attached hydrogens (tertiary/aromatic N) is 3. The van der Waals surface area contributed by atoms with Crippen LogP contribution in [0.2, 0.25) is 0 Å². The molecule has 3 heterocycles. The SMILES string of the molecule is Cc1cc2nc(CN(C)Cc3ccc4c(c3)OCO4)cc(=O)n2[nH]1. The summed E-state index contributed by atoms with van der Waals surface area (Å²) in [6.07, 6.45) is 0. The van der Waals surface area contributed by atoms with Gasteiger partial charge in [0.1, 0.15) is 0 Å². The van der Waals surface area contributed by atoms with E-state index in [2.05, 4.69) is 15.0 Å². The van der Waals surface area contributed by atoms with E-state index in [0.29, 0.717) is 12.2 Å². The topological polar surface area (TPSA) is 71.9 Å². The van der Waals surface area contributed by atoms with Gasteiger partial charge in [-0.2, -0.15) is 0 Å². The summed E-state index contributed by atoms with van der Waals surface area (Å²) in [4.78, 5) is 18.8. The van der Waals surface area contributed by atoms with Crippen LogP contribution >= 0.6 is 0 Å². The number of H-pyrrole nitrogens is 1. The summed E-state index contributed by atoms with van der Waals surface area (Å²) in [7, 11) is 2.00. The molecule has 7 heteroatoms. The summed E-state index contributed by atoms with van der Waals surface area (Å²) >= 11 is 0. The Morgan fingerprint density at radius 3 is 2.92 bits per heavy atom. The quantitative estimate of drug-likeness (QED) is 0.790. The third kappa shape index (κ3) is 2.74. The van der Waals surface area contributed by atoms with Crippen LogP contribution in [0.25, 0.3) is 5.65 Å². The predicted octanol–water partition coefficient (Wildman–Crippen LogP) is 1.69. The van der Waals surface area contributed by atoms with Crippen molar-refractivity contribution in [2.45, 2.75) is 20.0 Å². The Balaban J connectivity index is 1.51. The average Bonchev–Trinajstić information content (AvgIpc) is 3.12. The second kappa shape index (κ2) is 5.68. The minimum atomic E-state index is -0.0976. The number of benzene rings is 1. The molecule has 124 valence electrons. The van der Waals surface area contributed by atoms with Gasteiger partial charge in [-0.15, -0.1) is 0 Å². The number of aromatic nitrogens is 3. The lowest BCUT2D eigenvalue weighted by Gasteiger charge is -2.16. The van der Waals surface area contributed by atoms with Crippen molar-refractivity contribution in [1.82, 2.24) is 19.5 Å². The number of ether oxygens (including phenoxy) is 2. The molecule has 4 rings (SSSR count). The van der Waals surface area contributed by atoms with Crippen LogP contribution in [0, 0.1) is 6.92 Å². The number of fused-ring (bicyclic) bond motifs is 2. The molecule has 1 N–H and O–H groups in total. The van der Waals surface area contributed by atoms with Crippen LogP contribution in [0.3, 0.4) is 0 Å². The first-order valence-corrected chi connectivity index (χ1v) is 7.74. The first-order chi connectivity index (χ1) is 11.6. The number of hydrogen-bond donors (Lipinski definition) is 1. The Morgan fingerprint density at radius 2 is 2.04 bits per heavy atom. The third-order valence-corrected chi connectivity index (χ3v) is 3.95. The van der Waals surface area contributed by atoms with Crippen molar-refractivity contribution in [3.8, 4) is 11.5 Å². The highest BCUT2D eigenvalue weighted by Gasteiger charge is 2.14. The lowest BCUT2D eigenvalue weighted by molar-refractivity contribution is 0.174. The first-order valence-electron chi connectivity index (χ1n) is 7.74. The molecule has 24 heavy (non-hydrogen) atoms. The van der Waals surface area contributed by atoms with Crippen molar-refractivity contribution < 1.29 is 9.47 Å². The molecule has 0 saturated heterocycles. The molecule has 0 radical (unpaired) electrons. The van der Waals surface area contributed by atoms with E-state index in [1.807, 2.05) is 38.2 Å². The van der Waals surface area contributed by atoms with Gasteiger partial charge in [0.15, 0.2) is 17.1 Å². The predicted molar refractivity (Wildman–Crippen MR) is 88.3 cm³/mol. The van der Waals surface area contributed by atoms with Crippen molar-refractivity contribution in [2.75, 3.05) is 13.8 Å².